The van der Waals surface area contributed by atoms with E-state index in [-0.39, 0.29) is 5.39 Å². The summed E-state index contributed by atoms with van der Waals surface area (Å²) in [5.41, 5.74) is 1.24. The molecule has 0 bridgehead atoms. The van der Waals surface area contributed by atoms with E-state index in [1.807, 2.05) is 0 Å². The molecular formula is C20H15ClF3N5O2. The molecular weight excluding hydrogens is 435 g/mol. The number of nitrogens with zero attached hydrogens (tertiary/aromatic N) is 2. The van der Waals surface area contributed by atoms with Gasteiger partial charge in [0.2, 0.25) is 5.91 Å². The maximum absolute atomic E-state index is 13.0. The fourth-order valence-electron chi connectivity index (χ4n) is 3.21. The topological polar surface area (TPSA) is 91.8 Å². The molecule has 1 amide bonds. The van der Waals surface area contributed by atoms with Crippen LogP contribution in [-0.2, 0) is 11.3 Å². The van der Waals surface area contributed by atoms with Gasteiger partial charge in [0, 0.05) is 17.3 Å². The largest absolute Gasteiger partial charge is 0.405 e. The zero-order valence-corrected chi connectivity index (χ0v) is 16.5. The maximum Gasteiger partial charge on any atom is 0.405 e. The number of carbonyl (C=O) groups excluding carboxylic acids is 1. The smallest absolute Gasteiger partial charge is 0.355 e. The van der Waals surface area contributed by atoms with Crippen LogP contribution in [0.3, 0.4) is 0 Å². The van der Waals surface area contributed by atoms with Crippen molar-refractivity contribution in [3.05, 3.63) is 64.2 Å². The molecule has 0 saturated heterocycles. The number of halogens is 4. The van der Waals surface area contributed by atoms with E-state index in [4.69, 9.17) is 11.6 Å². The lowest BCUT2D eigenvalue weighted by atomic mass is 10.1. The first-order valence-corrected chi connectivity index (χ1v) is 9.44. The van der Waals surface area contributed by atoms with Crippen LogP contribution in [0.1, 0.15) is 0 Å². The van der Waals surface area contributed by atoms with Gasteiger partial charge < -0.3 is 15.2 Å². The van der Waals surface area contributed by atoms with Crippen molar-refractivity contribution in [3.8, 4) is 0 Å². The number of hydrogen-bond donors (Lipinski definition) is 3. The summed E-state index contributed by atoms with van der Waals surface area (Å²) in [6, 6.07) is 10.3. The molecule has 3 N–H and O–H groups in total. The molecule has 0 atom stereocenters. The van der Waals surface area contributed by atoms with E-state index in [9.17, 15) is 22.8 Å². The lowest BCUT2D eigenvalue weighted by Crippen LogP contribution is -2.37. The van der Waals surface area contributed by atoms with Gasteiger partial charge in [0.15, 0.2) is 0 Å². The third-order valence-electron chi connectivity index (χ3n) is 4.59. The molecule has 0 fully saturated rings. The molecule has 0 spiro atoms. The van der Waals surface area contributed by atoms with E-state index in [1.54, 1.807) is 47.9 Å². The molecule has 0 aliphatic heterocycles. The molecule has 0 aliphatic rings. The fourth-order valence-corrected chi connectivity index (χ4v) is 3.48. The van der Waals surface area contributed by atoms with Crippen LogP contribution in [0.25, 0.3) is 21.7 Å². The molecule has 0 unspecified atom stereocenters. The molecule has 2 aromatic heterocycles. The second-order valence-corrected chi connectivity index (χ2v) is 7.23. The van der Waals surface area contributed by atoms with E-state index in [1.165, 1.54) is 6.20 Å². The van der Waals surface area contributed by atoms with Crippen molar-refractivity contribution in [2.75, 3.05) is 11.9 Å². The average molecular weight is 450 g/mol. The Hall–Kier alpha value is -3.53. The highest BCUT2D eigenvalue weighted by atomic mass is 35.5. The Morgan fingerprint density at radius 3 is 2.77 bits per heavy atom. The first kappa shape index (κ1) is 20.7. The second kappa shape index (κ2) is 7.95. The van der Waals surface area contributed by atoms with E-state index in [0.717, 1.165) is 9.95 Å². The third-order valence-corrected chi connectivity index (χ3v) is 4.88. The molecule has 7 nitrogen and oxygen atoms in total. The monoisotopic (exact) mass is 449 g/mol. The number of hydrogen-bond acceptors (Lipinski definition) is 4. The zero-order chi connectivity index (χ0) is 22.2. The van der Waals surface area contributed by atoms with Crippen molar-refractivity contribution in [1.82, 2.24) is 20.1 Å². The van der Waals surface area contributed by atoms with Gasteiger partial charge in [-0.2, -0.15) is 18.3 Å². The molecule has 2 heterocycles. The summed E-state index contributed by atoms with van der Waals surface area (Å²) in [5, 5.41) is 13.8. The van der Waals surface area contributed by atoms with Crippen LogP contribution in [-0.4, -0.2) is 33.4 Å². The standard InChI is InChI=1S/C20H15ClF3N5O2/c21-14-7-13(6-12-8-26-28-18(12)14)27-15-3-1-2-11-4-5-29(19(31)17(11)15)9-16(30)25-10-20(22,23)24/h1-8,27H,9-10H2,(H,25,30)(H,26,28). The second-order valence-electron chi connectivity index (χ2n) is 6.83. The first-order chi connectivity index (χ1) is 14.7. The summed E-state index contributed by atoms with van der Waals surface area (Å²) >= 11 is 6.26. The van der Waals surface area contributed by atoms with Crippen LogP contribution >= 0.6 is 11.6 Å². The summed E-state index contributed by atoms with van der Waals surface area (Å²) in [7, 11) is 0. The molecule has 0 radical (unpaired) electrons. The van der Waals surface area contributed by atoms with Crippen LogP contribution < -0.4 is 16.2 Å². The molecule has 160 valence electrons. The Bertz CT molecular complexity index is 1350. The van der Waals surface area contributed by atoms with Gasteiger partial charge >= 0.3 is 6.18 Å². The molecule has 2 aromatic carbocycles. The summed E-state index contributed by atoms with van der Waals surface area (Å²) in [5.74, 6) is -0.915. The number of pyridine rings is 1. The Labute approximate surface area is 177 Å². The van der Waals surface area contributed by atoms with Crippen molar-refractivity contribution in [2.45, 2.75) is 12.7 Å². The highest BCUT2D eigenvalue weighted by Crippen LogP contribution is 2.30. The van der Waals surface area contributed by atoms with Gasteiger partial charge in [-0.05, 0) is 29.7 Å². The minimum Gasteiger partial charge on any atom is -0.355 e. The minimum absolute atomic E-state index is 0.289. The number of alkyl halides is 3. The number of H-pyrrole nitrogens is 1. The Morgan fingerprint density at radius 1 is 1.19 bits per heavy atom. The lowest BCUT2D eigenvalue weighted by Gasteiger charge is -2.13. The Morgan fingerprint density at radius 2 is 2.00 bits per heavy atom. The van der Waals surface area contributed by atoms with E-state index in [0.29, 0.717) is 27.3 Å². The predicted molar refractivity (Wildman–Crippen MR) is 112 cm³/mol. The van der Waals surface area contributed by atoms with Gasteiger partial charge in [0.05, 0.1) is 27.8 Å². The zero-order valence-electron chi connectivity index (χ0n) is 15.8. The predicted octanol–water partition coefficient (Wildman–Crippen LogP) is 3.95. The van der Waals surface area contributed by atoms with E-state index < -0.39 is 30.7 Å². The Balaban J connectivity index is 1.67. The number of amides is 1. The summed E-state index contributed by atoms with van der Waals surface area (Å²) in [4.78, 5) is 24.8. The van der Waals surface area contributed by atoms with Gasteiger partial charge in [-0.3, -0.25) is 14.7 Å². The number of anilines is 2. The SMILES string of the molecule is O=C(Cn1ccc2cccc(Nc3cc(Cl)c4[nH]ncc4c3)c2c1=O)NCC(F)(F)F. The van der Waals surface area contributed by atoms with Crippen LogP contribution in [0.5, 0.6) is 0 Å². The van der Waals surface area contributed by atoms with Gasteiger partial charge in [-0.15, -0.1) is 0 Å². The van der Waals surface area contributed by atoms with Crippen LogP contribution in [0.4, 0.5) is 24.5 Å². The molecule has 11 heteroatoms. The fraction of sp³-hybridized carbons (Fsp3) is 0.150. The first-order valence-electron chi connectivity index (χ1n) is 9.06. The number of benzene rings is 2. The molecule has 0 aliphatic carbocycles. The van der Waals surface area contributed by atoms with Crippen molar-refractivity contribution < 1.29 is 18.0 Å². The number of nitrogens with one attached hydrogen (secondary N) is 3. The highest BCUT2D eigenvalue weighted by molar-refractivity contribution is 6.35. The summed E-state index contributed by atoms with van der Waals surface area (Å²) in [6.07, 6.45) is -1.55. The van der Waals surface area contributed by atoms with Gasteiger partial charge in [-0.1, -0.05) is 23.7 Å². The number of aromatic amines is 1. The van der Waals surface area contributed by atoms with E-state index in [2.05, 4.69) is 15.5 Å². The lowest BCUT2D eigenvalue weighted by molar-refractivity contribution is -0.138. The highest BCUT2D eigenvalue weighted by Gasteiger charge is 2.27. The number of rotatable bonds is 5. The third kappa shape index (κ3) is 4.48. The molecule has 4 aromatic rings. The van der Waals surface area contributed by atoms with Crippen LogP contribution in [0.15, 0.2) is 53.6 Å². The van der Waals surface area contributed by atoms with Crippen molar-refractivity contribution in [1.29, 1.82) is 0 Å². The van der Waals surface area contributed by atoms with Crippen molar-refractivity contribution >= 4 is 50.6 Å². The van der Waals surface area contributed by atoms with E-state index >= 15 is 0 Å². The number of carbonyl (C=O) groups is 1. The number of aromatic nitrogens is 3. The Kier molecular flexibility index (Phi) is 5.32. The normalized spacial score (nSPS) is 11.7. The minimum atomic E-state index is -4.53. The number of fused-ring (bicyclic) bond motifs is 2. The molecule has 31 heavy (non-hydrogen) atoms. The van der Waals surface area contributed by atoms with Crippen LogP contribution in [0, 0.1) is 0 Å². The molecule has 4 rings (SSSR count). The quantitative estimate of drug-likeness (QED) is 0.430. The average Bonchev–Trinajstić information content (AvgIpc) is 3.17. The van der Waals surface area contributed by atoms with Crippen molar-refractivity contribution in [3.63, 3.8) is 0 Å². The summed E-state index contributed by atoms with van der Waals surface area (Å²) < 4.78 is 38.0. The van der Waals surface area contributed by atoms with Gasteiger partial charge in [-0.25, -0.2) is 0 Å². The van der Waals surface area contributed by atoms with Crippen molar-refractivity contribution in [2.24, 2.45) is 0 Å². The molecule has 0 saturated carbocycles. The van der Waals surface area contributed by atoms with Crippen LogP contribution in [0.2, 0.25) is 5.02 Å². The maximum atomic E-state index is 13.0. The van der Waals surface area contributed by atoms with Gasteiger partial charge in [0.1, 0.15) is 13.1 Å². The van der Waals surface area contributed by atoms with Gasteiger partial charge in [0.25, 0.3) is 5.56 Å². The summed E-state index contributed by atoms with van der Waals surface area (Å²) in [6.45, 7) is -2.00.